The van der Waals surface area contributed by atoms with Crippen molar-refractivity contribution in [3.8, 4) is 5.75 Å². The Bertz CT molecular complexity index is 638. The highest BCUT2D eigenvalue weighted by molar-refractivity contribution is 6.36. The van der Waals surface area contributed by atoms with Crippen molar-refractivity contribution in [2.45, 2.75) is 0 Å². The van der Waals surface area contributed by atoms with Crippen LogP contribution in [0.1, 0.15) is 0 Å². The first-order valence-electron chi connectivity index (χ1n) is 5.54. The Morgan fingerprint density at radius 1 is 1.35 bits per heavy atom. The Morgan fingerprint density at radius 2 is 2.10 bits per heavy atom. The minimum absolute atomic E-state index is 0.00203. The average Bonchev–Trinajstić information content (AvgIpc) is 2.41. The SMILES string of the molecule is O=C(COc1ccccc1F)Nc1ncc(Cl)cc1Cl. The van der Waals surface area contributed by atoms with E-state index in [-0.39, 0.29) is 23.2 Å². The Kier molecular flexibility index (Phi) is 4.76. The van der Waals surface area contributed by atoms with Gasteiger partial charge in [0.2, 0.25) is 0 Å². The number of pyridine rings is 1. The summed E-state index contributed by atoms with van der Waals surface area (Å²) in [6.45, 7) is -0.360. The van der Waals surface area contributed by atoms with Crippen molar-refractivity contribution in [2.75, 3.05) is 11.9 Å². The fourth-order valence-electron chi connectivity index (χ4n) is 1.38. The van der Waals surface area contributed by atoms with Crippen molar-refractivity contribution in [1.29, 1.82) is 0 Å². The Labute approximate surface area is 124 Å². The summed E-state index contributed by atoms with van der Waals surface area (Å²) in [4.78, 5) is 15.5. The van der Waals surface area contributed by atoms with E-state index in [1.165, 1.54) is 30.5 Å². The number of para-hydroxylation sites is 1. The second-order valence-corrected chi connectivity index (χ2v) is 4.59. The lowest BCUT2D eigenvalue weighted by molar-refractivity contribution is -0.118. The smallest absolute Gasteiger partial charge is 0.263 e. The van der Waals surface area contributed by atoms with Gasteiger partial charge in [-0.2, -0.15) is 0 Å². The van der Waals surface area contributed by atoms with Crippen molar-refractivity contribution >= 4 is 34.9 Å². The minimum Gasteiger partial charge on any atom is -0.481 e. The van der Waals surface area contributed by atoms with Crippen LogP contribution in [0.2, 0.25) is 10.0 Å². The minimum atomic E-state index is -0.539. The lowest BCUT2D eigenvalue weighted by Crippen LogP contribution is -2.21. The standard InChI is InChI=1S/C13H9Cl2FN2O2/c14-8-5-9(15)13(17-6-8)18-12(19)7-20-11-4-2-1-3-10(11)16/h1-6H,7H2,(H,17,18,19). The van der Waals surface area contributed by atoms with Crippen molar-refractivity contribution in [1.82, 2.24) is 4.98 Å². The number of aromatic nitrogens is 1. The molecule has 0 fully saturated rings. The van der Waals surface area contributed by atoms with Gasteiger partial charge in [-0.3, -0.25) is 4.79 Å². The predicted molar refractivity (Wildman–Crippen MR) is 74.8 cm³/mol. The molecule has 104 valence electrons. The quantitative estimate of drug-likeness (QED) is 0.939. The first kappa shape index (κ1) is 14.6. The number of amides is 1. The van der Waals surface area contributed by atoms with Crippen LogP contribution in [0.25, 0.3) is 0 Å². The lowest BCUT2D eigenvalue weighted by atomic mass is 10.3. The van der Waals surface area contributed by atoms with E-state index in [0.717, 1.165) is 0 Å². The third-order valence-corrected chi connectivity index (χ3v) is 2.76. The van der Waals surface area contributed by atoms with Crippen LogP contribution in [-0.4, -0.2) is 17.5 Å². The van der Waals surface area contributed by atoms with Gasteiger partial charge in [0.1, 0.15) is 0 Å². The number of hydrogen-bond donors (Lipinski definition) is 1. The number of rotatable bonds is 4. The summed E-state index contributed by atoms with van der Waals surface area (Å²) in [5, 5.41) is 3.00. The predicted octanol–water partition coefficient (Wildman–Crippen LogP) is 3.55. The van der Waals surface area contributed by atoms with Crippen molar-refractivity contribution in [3.05, 3.63) is 52.4 Å². The van der Waals surface area contributed by atoms with Gasteiger partial charge in [0.15, 0.2) is 24.0 Å². The fraction of sp³-hybridized carbons (Fsp3) is 0.0769. The molecule has 4 nitrogen and oxygen atoms in total. The molecule has 2 aromatic rings. The summed E-state index contributed by atoms with van der Waals surface area (Å²) in [6, 6.07) is 7.25. The number of benzene rings is 1. The second-order valence-electron chi connectivity index (χ2n) is 3.75. The number of hydrogen-bond acceptors (Lipinski definition) is 3. The number of carbonyl (C=O) groups is 1. The van der Waals surface area contributed by atoms with Gasteiger partial charge < -0.3 is 10.1 Å². The normalized spacial score (nSPS) is 10.2. The average molecular weight is 315 g/mol. The van der Waals surface area contributed by atoms with Gasteiger partial charge in [0, 0.05) is 6.20 Å². The maximum absolute atomic E-state index is 13.3. The van der Waals surface area contributed by atoms with E-state index < -0.39 is 11.7 Å². The van der Waals surface area contributed by atoms with E-state index in [2.05, 4.69) is 10.3 Å². The molecule has 1 heterocycles. The molecule has 0 saturated carbocycles. The summed E-state index contributed by atoms with van der Waals surface area (Å²) in [6.07, 6.45) is 1.35. The Morgan fingerprint density at radius 3 is 2.80 bits per heavy atom. The molecular weight excluding hydrogens is 306 g/mol. The zero-order valence-electron chi connectivity index (χ0n) is 10.1. The largest absolute Gasteiger partial charge is 0.481 e. The second kappa shape index (κ2) is 6.54. The van der Waals surface area contributed by atoms with Crippen molar-refractivity contribution < 1.29 is 13.9 Å². The van der Waals surface area contributed by atoms with Gasteiger partial charge in [-0.15, -0.1) is 0 Å². The number of nitrogens with zero attached hydrogens (tertiary/aromatic N) is 1. The van der Waals surface area contributed by atoms with Crippen LogP contribution in [0.4, 0.5) is 10.2 Å². The van der Waals surface area contributed by atoms with Crippen LogP contribution < -0.4 is 10.1 Å². The van der Waals surface area contributed by atoms with E-state index in [1.807, 2.05) is 0 Å². The van der Waals surface area contributed by atoms with E-state index in [9.17, 15) is 9.18 Å². The first-order chi connectivity index (χ1) is 9.56. The molecule has 0 aliphatic rings. The van der Waals surface area contributed by atoms with E-state index in [4.69, 9.17) is 27.9 Å². The number of anilines is 1. The highest BCUT2D eigenvalue weighted by Gasteiger charge is 2.10. The maximum Gasteiger partial charge on any atom is 0.263 e. The topological polar surface area (TPSA) is 51.2 Å². The Hall–Kier alpha value is -1.85. The monoisotopic (exact) mass is 314 g/mol. The van der Waals surface area contributed by atoms with Crippen LogP contribution in [0, 0.1) is 5.82 Å². The lowest BCUT2D eigenvalue weighted by Gasteiger charge is -2.08. The van der Waals surface area contributed by atoms with E-state index in [1.54, 1.807) is 6.07 Å². The highest BCUT2D eigenvalue weighted by atomic mass is 35.5. The third-order valence-electron chi connectivity index (χ3n) is 2.26. The summed E-state index contributed by atoms with van der Waals surface area (Å²) in [7, 11) is 0. The van der Waals surface area contributed by atoms with Gasteiger partial charge in [-0.25, -0.2) is 9.37 Å². The molecule has 0 aliphatic carbocycles. The van der Waals surface area contributed by atoms with Crippen LogP contribution in [0.5, 0.6) is 5.75 Å². The number of halogens is 3. The molecule has 0 saturated heterocycles. The molecule has 1 aromatic carbocycles. The van der Waals surface area contributed by atoms with Gasteiger partial charge in [0.05, 0.1) is 10.0 Å². The highest BCUT2D eigenvalue weighted by Crippen LogP contribution is 2.22. The molecule has 0 atom stereocenters. The molecule has 7 heteroatoms. The van der Waals surface area contributed by atoms with E-state index in [0.29, 0.717) is 5.02 Å². The maximum atomic E-state index is 13.3. The number of nitrogens with one attached hydrogen (secondary N) is 1. The molecule has 0 bridgehead atoms. The van der Waals surface area contributed by atoms with Crippen LogP contribution >= 0.6 is 23.2 Å². The molecule has 1 aromatic heterocycles. The summed E-state index contributed by atoms with van der Waals surface area (Å²) >= 11 is 11.5. The zero-order valence-corrected chi connectivity index (χ0v) is 11.6. The first-order valence-corrected chi connectivity index (χ1v) is 6.30. The third kappa shape index (κ3) is 3.82. The summed E-state index contributed by atoms with van der Waals surface area (Å²) in [5.41, 5.74) is 0. The summed E-state index contributed by atoms with van der Waals surface area (Å²) < 4.78 is 18.3. The molecule has 1 N–H and O–H groups in total. The van der Waals surface area contributed by atoms with Crippen molar-refractivity contribution in [2.24, 2.45) is 0 Å². The fourth-order valence-corrected chi connectivity index (χ4v) is 1.81. The van der Waals surface area contributed by atoms with Crippen LogP contribution in [-0.2, 0) is 4.79 Å². The number of carbonyl (C=O) groups excluding carboxylic acids is 1. The summed E-state index contributed by atoms with van der Waals surface area (Å²) in [5.74, 6) is -0.885. The van der Waals surface area contributed by atoms with Crippen LogP contribution in [0.15, 0.2) is 36.5 Å². The Balaban J connectivity index is 1.94. The van der Waals surface area contributed by atoms with Gasteiger partial charge in [0.25, 0.3) is 5.91 Å². The van der Waals surface area contributed by atoms with Crippen LogP contribution in [0.3, 0.4) is 0 Å². The molecule has 20 heavy (non-hydrogen) atoms. The molecule has 0 radical (unpaired) electrons. The van der Waals surface area contributed by atoms with Gasteiger partial charge >= 0.3 is 0 Å². The van der Waals surface area contributed by atoms with Crippen molar-refractivity contribution in [3.63, 3.8) is 0 Å². The molecule has 1 amide bonds. The zero-order chi connectivity index (χ0) is 14.5. The molecular formula is C13H9Cl2FN2O2. The molecule has 0 aliphatic heterocycles. The number of ether oxygens (including phenoxy) is 1. The van der Waals surface area contributed by atoms with E-state index >= 15 is 0 Å². The molecule has 0 unspecified atom stereocenters. The van der Waals surface area contributed by atoms with Gasteiger partial charge in [-0.1, -0.05) is 35.3 Å². The molecule has 0 spiro atoms. The van der Waals surface area contributed by atoms with Gasteiger partial charge in [-0.05, 0) is 18.2 Å². The molecule has 2 rings (SSSR count).